The number of hydrogen-bond acceptors (Lipinski definition) is 1. The summed E-state index contributed by atoms with van der Waals surface area (Å²) in [7, 11) is 1.69. The first kappa shape index (κ1) is 10.7. The fourth-order valence-corrected chi connectivity index (χ4v) is 1.52. The lowest BCUT2D eigenvalue weighted by Crippen LogP contribution is -1.94. The van der Waals surface area contributed by atoms with E-state index < -0.39 is 0 Å². The van der Waals surface area contributed by atoms with E-state index in [0.717, 1.165) is 17.7 Å². The molecule has 0 saturated heterocycles. The smallest absolute Gasteiger partial charge is 0.119 e. The summed E-state index contributed by atoms with van der Waals surface area (Å²) >= 11 is 0. The summed E-state index contributed by atoms with van der Waals surface area (Å²) in [5.74, 6) is 7.00. The minimum Gasteiger partial charge on any atom is -0.497 e. The van der Waals surface area contributed by atoms with Gasteiger partial charge in [-0.1, -0.05) is 12.8 Å². The minimum absolute atomic E-state index is 0.918. The molecule has 0 amide bonds. The fourth-order valence-electron chi connectivity index (χ4n) is 1.52. The van der Waals surface area contributed by atoms with Gasteiger partial charge >= 0.3 is 0 Å². The quantitative estimate of drug-likeness (QED) is 0.648. The largest absolute Gasteiger partial charge is 0.497 e. The first-order valence-corrected chi connectivity index (χ1v) is 4.83. The molecule has 1 aromatic carbocycles. The Morgan fingerprint density at radius 3 is 2.57 bits per heavy atom. The van der Waals surface area contributed by atoms with Crippen molar-refractivity contribution in [2.75, 3.05) is 7.11 Å². The Bertz CT molecular complexity index is 380. The Morgan fingerprint density at radius 2 is 2.07 bits per heavy atom. The van der Waals surface area contributed by atoms with Crippen molar-refractivity contribution in [3.63, 3.8) is 0 Å². The number of aryl methyl sites for hydroxylation is 2. The van der Waals surface area contributed by atoms with Gasteiger partial charge < -0.3 is 4.74 Å². The minimum atomic E-state index is 0.918. The lowest BCUT2D eigenvalue weighted by Gasteiger charge is -2.08. The van der Waals surface area contributed by atoms with Crippen LogP contribution in [0.2, 0.25) is 0 Å². The molecule has 0 bridgehead atoms. The second-order valence-corrected chi connectivity index (χ2v) is 3.21. The van der Waals surface area contributed by atoms with E-state index >= 15 is 0 Å². The van der Waals surface area contributed by atoms with Gasteiger partial charge in [0.15, 0.2) is 0 Å². The van der Waals surface area contributed by atoms with Crippen molar-refractivity contribution in [2.24, 2.45) is 0 Å². The molecule has 0 saturated carbocycles. The molecule has 0 fully saturated rings. The average Bonchev–Trinajstić information content (AvgIpc) is 2.20. The molecule has 14 heavy (non-hydrogen) atoms. The standard InChI is InChI=1S/C13H16O/c1-5-7-13-10(3)8-12(14-4)9-11(13)6-2/h8-9H,6H2,1-4H3. The van der Waals surface area contributed by atoms with Crippen LogP contribution in [0.4, 0.5) is 0 Å². The summed E-state index contributed by atoms with van der Waals surface area (Å²) in [5, 5.41) is 0. The van der Waals surface area contributed by atoms with Gasteiger partial charge in [0.25, 0.3) is 0 Å². The van der Waals surface area contributed by atoms with E-state index in [-0.39, 0.29) is 0 Å². The van der Waals surface area contributed by atoms with E-state index in [1.54, 1.807) is 7.11 Å². The summed E-state index contributed by atoms with van der Waals surface area (Å²) < 4.78 is 5.22. The summed E-state index contributed by atoms with van der Waals surface area (Å²) in [4.78, 5) is 0. The van der Waals surface area contributed by atoms with E-state index in [0.29, 0.717) is 0 Å². The number of methoxy groups -OCH3 is 1. The molecule has 1 rings (SSSR count). The van der Waals surface area contributed by atoms with Crippen molar-refractivity contribution in [3.8, 4) is 17.6 Å². The lowest BCUT2D eigenvalue weighted by molar-refractivity contribution is 0.414. The number of benzene rings is 1. The molecule has 0 aliphatic rings. The normalized spacial score (nSPS) is 9.14. The molecule has 0 aliphatic carbocycles. The molecular formula is C13H16O. The lowest BCUT2D eigenvalue weighted by atomic mass is 10.00. The van der Waals surface area contributed by atoms with Crippen molar-refractivity contribution in [1.82, 2.24) is 0 Å². The predicted molar refractivity (Wildman–Crippen MR) is 59.7 cm³/mol. The third-order valence-electron chi connectivity index (χ3n) is 2.26. The van der Waals surface area contributed by atoms with E-state index in [4.69, 9.17) is 4.74 Å². The van der Waals surface area contributed by atoms with Gasteiger partial charge in [-0.25, -0.2) is 0 Å². The van der Waals surface area contributed by atoms with Crippen LogP contribution in [-0.4, -0.2) is 7.11 Å². The summed E-state index contributed by atoms with van der Waals surface area (Å²) in [6, 6.07) is 4.09. The highest BCUT2D eigenvalue weighted by atomic mass is 16.5. The summed E-state index contributed by atoms with van der Waals surface area (Å²) in [5.41, 5.74) is 3.60. The highest BCUT2D eigenvalue weighted by Crippen LogP contribution is 2.21. The highest BCUT2D eigenvalue weighted by molar-refractivity contribution is 5.50. The van der Waals surface area contributed by atoms with Gasteiger partial charge in [0.05, 0.1) is 7.11 Å². The number of rotatable bonds is 2. The maximum absolute atomic E-state index is 5.22. The predicted octanol–water partition coefficient (Wildman–Crippen LogP) is 2.94. The van der Waals surface area contributed by atoms with Gasteiger partial charge in [-0.05, 0) is 43.5 Å². The van der Waals surface area contributed by atoms with Crippen LogP contribution in [-0.2, 0) is 6.42 Å². The molecule has 0 aromatic heterocycles. The first-order chi connectivity index (χ1) is 6.72. The molecular weight excluding hydrogens is 172 g/mol. The van der Waals surface area contributed by atoms with Gasteiger partial charge in [0.1, 0.15) is 5.75 Å². The van der Waals surface area contributed by atoms with Crippen molar-refractivity contribution in [3.05, 3.63) is 28.8 Å². The highest BCUT2D eigenvalue weighted by Gasteiger charge is 2.04. The van der Waals surface area contributed by atoms with Crippen LogP contribution in [0, 0.1) is 18.8 Å². The molecule has 0 spiro atoms. The molecule has 0 heterocycles. The van der Waals surface area contributed by atoms with Crippen molar-refractivity contribution in [2.45, 2.75) is 27.2 Å². The van der Waals surface area contributed by atoms with Crippen LogP contribution in [0.25, 0.3) is 0 Å². The third kappa shape index (κ3) is 2.09. The van der Waals surface area contributed by atoms with E-state index in [1.165, 1.54) is 11.1 Å². The van der Waals surface area contributed by atoms with Crippen LogP contribution in [0.15, 0.2) is 12.1 Å². The monoisotopic (exact) mass is 188 g/mol. The Morgan fingerprint density at radius 1 is 1.36 bits per heavy atom. The summed E-state index contributed by atoms with van der Waals surface area (Å²) in [6.45, 7) is 6.07. The second-order valence-electron chi connectivity index (χ2n) is 3.21. The Labute approximate surface area is 86.1 Å². The van der Waals surface area contributed by atoms with Crippen LogP contribution in [0.3, 0.4) is 0 Å². The fraction of sp³-hybridized carbons (Fsp3) is 0.385. The Kier molecular flexibility index (Phi) is 3.59. The van der Waals surface area contributed by atoms with Crippen LogP contribution >= 0.6 is 0 Å². The second kappa shape index (κ2) is 4.72. The molecule has 1 nitrogen and oxygen atoms in total. The average molecular weight is 188 g/mol. The molecule has 74 valence electrons. The van der Waals surface area contributed by atoms with Gasteiger partial charge in [0.2, 0.25) is 0 Å². The van der Waals surface area contributed by atoms with Crippen molar-refractivity contribution in [1.29, 1.82) is 0 Å². The third-order valence-corrected chi connectivity index (χ3v) is 2.26. The zero-order valence-electron chi connectivity index (χ0n) is 9.27. The number of hydrogen-bond donors (Lipinski definition) is 0. The maximum Gasteiger partial charge on any atom is 0.119 e. The summed E-state index contributed by atoms with van der Waals surface area (Å²) in [6.07, 6.45) is 0.988. The molecule has 0 radical (unpaired) electrons. The topological polar surface area (TPSA) is 9.23 Å². The van der Waals surface area contributed by atoms with Gasteiger partial charge in [-0.3, -0.25) is 0 Å². The van der Waals surface area contributed by atoms with Gasteiger partial charge in [-0.2, -0.15) is 0 Å². The molecule has 0 N–H and O–H groups in total. The molecule has 1 heteroatoms. The Balaban J connectivity index is 3.32. The van der Waals surface area contributed by atoms with Gasteiger partial charge in [0, 0.05) is 5.56 Å². The van der Waals surface area contributed by atoms with E-state index in [9.17, 15) is 0 Å². The first-order valence-electron chi connectivity index (χ1n) is 4.83. The van der Waals surface area contributed by atoms with E-state index in [1.807, 2.05) is 13.0 Å². The number of ether oxygens (including phenoxy) is 1. The van der Waals surface area contributed by atoms with Crippen LogP contribution in [0.5, 0.6) is 5.75 Å². The molecule has 0 unspecified atom stereocenters. The van der Waals surface area contributed by atoms with Gasteiger partial charge in [-0.15, -0.1) is 5.92 Å². The van der Waals surface area contributed by atoms with Crippen molar-refractivity contribution < 1.29 is 4.74 Å². The maximum atomic E-state index is 5.22. The molecule has 0 atom stereocenters. The van der Waals surface area contributed by atoms with Crippen LogP contribution < -0.4 is 4.74 Å². The van der Waals surface area contributed by atoms with Crippen LogP contribution in [0.1, 0.15) is 30.5 Å². The van der Waals surface area contributed by atoms with E-state index in [2.05, 4.69) is 31.8 Å². The van der Waals surface area contributed by atoms with Crippen molar-refractivity contribution >= 4 is 0 Å². The Hall–Kier alpha value is -1.42. The zero-order valence-corrected chi connectivity index (χ0v) is 9.27. The molecule has 0 aliphatic heterocycles. The SMILES string of the molecule is CC#Cc1c(C)cc(OC)cc1CC. The molecule has 1 aromatic rings. The zero-order chi connectivity index (χ0) is 10.6.